The highest BCUT2D eigenvalue weighted by molar-refractivity contribution is 14.1. The Hall–Kier alpha value is -0.650. The SMILES string of the molecule is O=[N+]([O-])Cc1ccccc1I. The van der Waals surface area contributed by atoms with E-state index in [2.05, 4.69) is 22.6 Å². The van der Waals surface area contributed by atoms with Crippen LogP contribution in [0.5, 0.6) is 0 Å². The van der Waals surface area contributed by atoms with Gasteiger partial charge < -0.3 is 0 Å². The fraction of sp³-hybridized carbons (Fsp3) is 0.143. The first-order chi connectivity index (χ1) is 5.20. The number of hydrogen-bond acceptors (Lipinski definition) is 2. The molecule has 0 amide bonds. The lowest BCUT2D eigenvalue weighted by molar-refractivity contribution is -0.497. The van der Waals surface area contributed by atoms with E-state index >= 15 is 0 Å². The van der Waals surface area contributed by atoms with Gasteiger partial charge in [0.25, 0.3) is 0 Å². The second-order valence-electron chi connectivity index (χ2n) is 2.08. The number of rotatable bonds is 2. The summed E-state index contributed by atoms with van der Waals surface area (Å²) < 4.78 is 0.946. The van der Waals surface area contributed by atoms with Gasteiger partial charge in [0.15, 0.2) is 0 Å². The summed E-state index contributed by atoms with van der Waals surface area (Å²) in [5.74, 6) is 0. The van der Waals surface area contributed by atoms with Crippen LogP contribution in [-0.4, -0.2) is 4.92 Å². The summed E-state index contributed by atoms with van der Waals surface area (Å²) in [6.45, 7) is -0.0842. The van der Waals surface area contributed by atoms with E-state index in [1.54, 1.807) is 12.1 Å². The molecular weight excluding hydrogens is 257 g/mol. The van der Waals surface area contributed by atoms with Gasteiger partial charge in [0, 0.05) is 14.1 Å². The van der Waals surface area contributed by atoms with Crippen LogP contribution in [0, 0.1) is 13.7 Å². The lowest BCUT2D eigenvalue weighted by Gasteiger charge is -1.96. The van der Waals surface area contributed by atoms with Crippen molar-refractivity contribution in [2.24, 2.45) is 0 Å². The summed E-state index contributed by atoms with van der Waals surface area (Å²) in [5.41, 5.74) is 0.776. The van der Waals surface area contributed by atoms with Crippen LogP contribution in [-0.2, 0) is 6.54 Å². The summed E-state index contributed by atoms with van der Waals surface area (Å²) in [5, 5.41) is 10.1. The third-order valence-electron chi connectivity index (χ3n) is 1.26. The minimum atomic E-state index is -0.322. The molecule has 4 heteroatoms. The van der Waals surface area contributed by atoms with Crippen molar-refractivity contribution in [2.75, 3.05) is 0 Å². The van der Waals surface area contributed by atoms with Crippen molar-refractivity contribution in [1.29, 1.82) is 0 Å². The van der Waals surface area contributed by atoms with Crippen LogP contribution in [0.1, 0.15) is 5.56 Å². The summed E-state index contributed by atoms with van der Waals surface area (Å²) in [6.07, 6.45) is 0. The Labute approximate surface area is 77.7 Å². The van der Waals surface area contributed by atoms with Gasteiger partial charge in [-0.25, -0.2) is 0 Å². The van der Waals surface area contributed by atoms with Crippen LogP contribution < -0.4 is 0 Å². The zero-order valence-corrected chi connectivity index (χ0v) is 7.82. The van der Waals surface area contributed by atoms with Crippen molar-refractivity contribution in [3.8, 4) is 0 Å². The molecule has 0 saturated heterocycles. The molecule has 0 saturated carbocycles. The summed E-state index contributed by atoms with van der Waals surface area (Å²) >= 11 is 2.09. The normalized spacial score (nSPS) is 9.55. The van der Waals surface area contributed by atoms with Gasteiger partial charge in [0.05, 0.1) is 0 Å². The van der Waals surface area contributed by atoms with Gasteiger partial charge in [-0.1, -0.05) is 18.2 Å². The Morgan fingerprint density at radius 2 is 2.09 bits per heavy atom. The van der Waals surface area contributed by atoms with Crippen LogP contribution in [0.3, 0.4) is 0 Å². The van der Waals surface area contributed by atoms with Crippen LogP contribution in [0.15, 0.2) is 24.3 Å². The van der Waals surface area contributed by atoms with Gasteiger partial charge in [-0.15, -0.1) is 0 Å². The molecule has 0 N–H and O–H groups in total. The molecule has 0 aliphatic carbocycles. The minimum Gasteiger partial charge on any atom is -0.264 e. The van der Waals surface area contributed by atoms with Crippen LogP contribution >= 0.6 is 22.6 Å². The van der Waals surface area contributed by atoms with E-state index in [9.17, 15) is 10.1 Å². The molecule has 0 aliphatic rings. The molecule has 0 spiro atoms. The van der Waals surface area contributed by atoms with E-state index in [0.717, 1.165) is 9.13 Å². The first-order valence-corrected chi connectivity index (χ1v) is 4.13. The fourth-order valence-electron chi connectivity index (χ4n) is 0.766. The van der Waals surface area contributed by atoms with E-state index in [1.165, 1.54) is 0 Å². The number of nitrogens with zero attached hydrogens (tertiary/aromatic N) is 1. The molecule has 0 fully saturated rings. The Balaban J connectivity index is 2.86. The van der Waals surface area contributed by atoms with E-state index in [4.69, 9.17) is 0 Å². The molecule has 0 aromatic heterocycles. The highest BCUT2D eigenvalue weighted by Crippen LogP contribution is 2.11. The highest BCUT2D eigenvalue weighted by atomic mass is 127. The minimum absolute atomic E-state index is 0.0842. The van der Waals surface area contributed by atoms with Crippen molar-refractivity contribution >= 4 is 22.6 Å². The maximum Gasteiger partial charge on any atom is 0.229 e. The van der Waals surface area contributed by atoms with Crippen molar-refractivity contribution < 1.29 is 4.92 Å². The molecule has 0 unspecified atom stereocenters. The van der Waals surface area contributed by atoms with E-state index in [1.807, 2.05) is 12.1 Å². The summed E-state index contributed by atoms with van der Waals surface area (Å²) in [6, 6.07) is 7.30. The molecule has 0 atom stereocenters. The second kappa shape index (κ2) is 3.66. The predicted molar refractivity (Wildman–Crippen MR) is 49.9 cm³/mol. The third kappa shape index (κ3) is 2.45. The van der Waals surface area contributed by atoms with Crippen molar-refractivity contribution in [3.05, 3.63) is 43.5 Å². The predicted octanol–water partition coefficient (Wildman–Crippen LogP) is 2.07. The zero-order chi connectivity index (χ0) is 8.27. The summed E-state index contributed by atoms with van der Waals surface area (Å²) in [4.78, 5) is 9.80. The van der Waals surface area contributed by atoms with E-state index in [0.29, 0.717) is 0 Å². The number of hydrogen-bond donors (Lipinski definition) is 0. The molecule has 1 rings (SSSR count). The maximum absolute atomic E-state index is 10.1. The Kier molecular flexibility index (Phi) is 2.81. The zero-order valence-electron chi connectivity index (χ0n) is 5.66. The quantitative estimate of drug-likeness (QED) is 0.465. The van der Waals surface area contributed by atoms with E-state index in [-0.39, 0.29) is 11.5 Å². The first kappa shape index (κ1) is 8.45. The second-order valence-corrected chi connectivity index (χ2v) is 3.24. The Morgan fingerprint density at radius 3 is 2.64 bits per heavy atom. The van der Waals surface area contributed by atoms with Gasteiger partial charge in [-0.05, 0) is 28.7 Å². The first-order valence-electron chi connectivity index (χ1n) is 3.05. The fourth-order valence-corrected chi connectivity index (χ4v) is 1.32. The average molecular weight is 263 g/mol. The molecule has 0 heterocycles. The number of halogens is 1. The summed E-state index contributed by atoms with van der Waals surface area (Å²) in [7, 11) is 0. The molecule has 3 nitrogen and oxygen atoms in total. The molecule has 58 valence electrons. The van der Waals surface area contributed by atoms with Gasteiger partial charge in [0.1, 0.15) is 0 Å². The molecule has 0 radical (unpaired) electrons. The monoisotopic (exact) mass is 263 g/mol. The Morgan fingerprint density at radius 1 is 1.45 bits per heavy atom. The number of nitro groups is 1. The van der Waals surface area contributed by atoms with Crippen molar-refractivity contribution in [3.63, 3.8) is 0 Å². The lowest BCUT2D eigenvalue weighted by Crippen LogP contribution is -1.99. The largest absolute Gasteiger partial charge is 0.264 e. The smallest absolute Gasteiger partial charge is 0.229 e. The molecule has 1 aromatic rings. The van der Waals surface area contributed by atoms with Crippen molar-refractivity contribution in [1.82, 2.24) is 0 Å². The van der Waals surface area contributed by atoms with Gasteiger partial charge in [-0.2, -0.15) is 0 Å². The maximum atomic E-state index is 10.1. The van der Waals surface area contributed by atoms with E-state index < -0.39 is 0 Å². The van der Waals surface area contributed by atoms with Gasteiger partial charge in [0.2, 0.25) is 6.54 Å². The topological polar surface area (TPSA) is 43.1 Å². The van der Waals surface area contributed by atoms with Crippen LogP contribution in [0.4, 0.5) is 0 Å². The third-order valence-corrected chi connectivity index (χ3v) is 2.31. The number of benzene rings is 1. The molecular formula is C7H6INO2. The molecule has 11 heavy (non-hydrogen) atoms. The highest BCUT2D eigenvalue weighted by Gasteiger charge is 2.03. The van der Waals surface area contributed by atoms with Crippen molar-refractivity contribution in [2.45, 2.75) is 6.54 Å². The lowest BCUT2D eigenvalue weighted by atomic mass is 10.2. The molecule has 1 aromatic carbocycles. The molecule has 0 bridgehead atoms. The van der Waals surface area contributed by atoms with Crippen LogP contribution in [0.25, 0.3) is 0 Å². The standard InChI is InChI=1S/C7H6INO2/c8-7-4-2-1-3-6(7)5-9(10)11/h1-4H,5H2. The van der Waals surface area contributed by atoms with Gasteiger partial charge in [-0.3, -0.25) is 10.1 Å². The molecule has 0 aliphatic heterocycles. The van der Waals surface area contributed by atoms with Crippen LogP contribution in [0.2, 0.25) is 0 Å². The Bertz CT molecular complexity index is 275. The van der Waals surface area contributed by atoms with Gasteiger partial charge >= 0.3 is 0 Å². The average Bonchev–Trinajstić information content (AvgIpc) is 1.93.